The van der Waals surface area contributed by atoms with Crippen molar-refractivity contribution < 1.29 is 48.6 Å². The molecule has 160 valence electrons. The highest BCUT2D eigenvalue weighted by Crippen LogP contribution is 2.37. The van der Waals surface area contributed by atoms with Crippen LogP contribution in [0.5, 0.6) is 0 Å². The molecule has 0 radical (unpaired) electrons. The minimum Gasteiger partial charge on any atom is -0.349 e. The molecule has 27 heavy (non-hydrogen) atoms. The number of halogens is 10. The molecule has 0 aliphatic rings. The first kappa shape index (κ1) is 25.7. The summed E-state index contributed by atoms with van der Waals surface area (Å²) in [4.78, 5) is 0. The third-order valence-corrected chi connectivity index (χ3v) is 4.12. The van der Waals surface area contributed by atoms with Gasteiger partial charge in [0.2, 0.25) is 0 Å². The molecule has 0 aromatic heterocycles. The van der Waals surface area contributed by atoms with E-state index in [1.807, 2.05) is 0 Å². The van der Waals surface area contributed by atoms with Crippen LogP contribution in [0.1, 0.15) is 0 Å². The summed E-state index contributed by atoms with van der Waals surface area (Å²) in [5.74, 6) is 0. The SMILES string of the molecule is FCC(CF)=C(CF)C(CF)(CF)OC(CF)(CF)C(CF)=C(CF)CF. The average Bonchev–Trinajstić information content (AvgIpc) is 2.72. The zero-order valence-corrected chi connectivity index (χ0v) is 14.3. The van der Waals surface area contributed by atoms with Crippen molar-refractivity contribution in [2.75, 3.05) is 66.7 Å². The third kappa shape index (κ3) is 5.39. The lowest BCUT2D eigenvalue weighted by molar-refractivity contribution is -0.155. The molecule has 0 saturated carbocycles. The van der Waals surface area contributed by atoms with E-state index in [1.165, 1.54) is 0 Å². The smallest absolute Gasteiger partial charge is 0.150 e. The van der Waals surface area contributed by atoms with Gasteiger partial charge in [0.1, 0.15) is 77.9 Å². The van der Waals surface area contributed by atoms with Crippen molar-refractivity contribution in [3.8, 4) is 0 Å². The van der Waals surface area contributed by atoms with Crippen LogP contribution in [-0.2, 0) is 4.74 Å². The second-order valence-corrected chi connectivity index (χ2v) is 5.59. The first-order chi connectivity index (χ1) is 12.9. The van der Waals surface area contributed by atoms with E-state index in [2.05, 4.69) is 0 Å². The second-order valence-electron chi connectivity index (χ2n) is 5.59. The van der Waals surface area contributed by atoms with E-state index in [-0.39, 0.29) is 0 Å². The molecule has 0 aliphatic heterocycles. The molecule has 0 bridgehead atoms. The van der Waals surface area contributed by atoms with Crippen LogP contribution in [0.25, 0.3) is 0 Å². The molecule has 1 nitrogen and oxygen atoms in total. The van der Waals surface area contributed by atoms with Gasteiger partial charge in [0, 0.05) is 11.1 Å². The van der Waals surface area contributed by atoms with Gasteiger partial charge in [0.05, 0.1) is 0 Å². The summed E-state index contributed by atoms with van der Waals surface area (Å²) in [6.07, 6.45) is 0. The zero-order chi connectivity index (χ0) is 21.1. The molecule has 0 aromatic carbocycles. The lowest BCUT2D eigenvalue weighted by atomic mass is 9.87. The number of allylic oxidation sites excluding steroid dienone is 2. The normalized spacial score (nSPS) is 12.2. The second kappa shape index (κ2) is 12.2. The molecule has 0 amide bonds. The summed E-state index contributed by atoms with van der Waals surface area (Å²) < 4.78 is 137. The highest BCUT2D eigenvalue weighted by atomic mass is 19.2. The molecule has 0 unspecified atom stereocenters. The fourth-order valence-corrected chi connectivity index (χ4v) is 2.47. The summed E-state index contributed by atoms with van der Waals surface area (Å²) in [6.45, 7) is -18.6. The van der Waals surface area contributed by atoms with Crippen molar-refractivity contribution in [3.05, 3.63) is 22.3 Å². The number of hydrogen-bond acceptors (Lipinski definition) is 1. The van der Waals surface area contributed by atoms with Gasteiger partial charge in [0.15, 0.2) is 0 Å². The van der Waals surface area contributed by atoms with Gasteiger partial charge in [-0.1, -0.05) is 0 Å². The largest absolute Gasteiger partial charge is 0.349 e. The van der Waals surface area contributed by atoms with E-state index < -0.39 is 100 Å². The Bertz CT molecular complexity index is 441. The fourth-order valence-electron chi connectivity index (χ4n) is 2.47. The van der Waals surface area contributed by atoms with Gasteiger partial charge in [0.25, 0.3) is 0 Å². The minimum atomic E-state index is -3.21. The number of rotatable bonds is 14. The Kier molecular flexibility index (Phi) is 11.7. The standard InChI is InChI=1S/C16H20F10O/c17-1-11(2-18)13(5-21)15(7-23,8-24)27-16(9-25,10-26)14(6-22)12(3-19)4-20/h1-10H2. The lowest BCUT2D eigenvalue weighted by Gasteiger charge is -2.41. The van der Waals surface area contributed by atoms with Gasteiger partial charge in [-0.05, 0) is 11.1 Å². The van der Waals surface area contributed by atoms with E-state index in [4.69, 9.17) is 4.74 Å². The van der Waals surface area contributed by atoms with E-state index in [0.717, 1.165) is 0 Å². The molecule has 0 rings (SSSR count). The van der Waals surface area contributed by atoms with Crippen molar-refractivity contribution in [2.24, 2.45) is 0 Å². The Labute approximate surface area is 150 Å². The molecule has 0 atom stereocenters. The van der Waals surface area contributed by atoms with Crippen LogP contribution >= 0.6 is 0 Å². The predicted octanol–water partition coefficient (Wildman–Crippen LogP) is 4.77. The molecular weight excluding hydrogens is 398 g/mol. The van der Waals surface area contributed by atoms with Crippen molar-refractivity contribution in [1.82, 2.24) is 0 Å². The summed E-state index contributed by atoms with van der Waals surface area (Å²) in [7, 11) is 0. The molecule has 0 heterocycles. The van der Waals surface area contributed by atoms with Crippen LogP contribution in [0.2, 0.25) is 0 Å². The van der Waals surface area contributed by atoms with Gasteiger partial charge in [-0.2, -0.15) is 0 Å². The van der Waals surface area contributed by atoms with Crippen LogP contribution in [0.4, 0.5) is 43.9 Å². The Morgan fingerprint density at radius 1 is 0.444 bits per heavy atom. The minimum absolute atomic E-state index is 1.07. The van der Waals surface area contributed by atoms with Crippen molar-refractivity contribution in [1.29, 1.82) is 0 Å². The highest BCUT2D eigenvalue weighted by molar-refractivity contribution is 5.31. The van der Waals surface area contributed by atoms with Gasteiger partial charge >= 0.3 is 0 Å². The summed E-state index contributed by atoms with van der Waals surface area (Å²) in [5, 5.41) is 0. The van der Waals surface area contributed by atoms with Crippen LogP contribution in [-0.4, -0.2) is 77.9 Å². The topological polar surface area (TPSA) is 9.23 Å². The summed E-state index contributed by atoms with van der Waals surface area (Å²) in [6, 6.07) is 0. The number of alkyl halides is 10. The first-order valence-electron chi connectivity index (χ1n) is 7.62. The van der Waals surface area contributed by atoms with Gasteiger partial charge in [-0.15, -0.1) is 0 Å². The van der Waals surface area contributed by atoms with Crippen LogP contribution in [0, 0.1) is 0 Å². The van der Waals surface area contributed by atoms with Crippen molar-refractivity contribution in [3.63, 3.8) is 0 Å². The maximum Gasteiger partial charge on any atom is 0.150 e. The van der Waals surface area contributed by atoms with E-state index in [0.29, 0.717) is 0 Å². The lowest BCUT2D eigenvalue weighted by Crippen LogP contribution is -2.54. The molecule has 0 fully saturated rings. The summed E-state index contributed by atoms with van der Waals surface area (Å²) in [5.41, 5.74) is -11.0. The van der Waals surface area contributed by atoms with Crippen LogP contribution < -0.4 is 0 Å². The number of ether oxygens (including phenoxy) is 1. The van der Waals surface area contributed by atoms with Gasteiger partial charge in [-0.3, -0.25) is 0 Å². The molecule has 0 spiro atoms. The van der Waals surface area contributed by atoms with E-state index in [1.54, 1.807) is 0 Å². The van der Waals surface area contributed by atoms with Crippen LogP contribution in [0.15, 0.2) is 22.3 Å². The molecule has 11 heteroatoms. The maximum atomic E-state index is 13.6. The Morgan fingerprint density at radius 2 is 0.704 bits per heavy atom. The molecule has 0 aliphatic carbocycles. The van der Waals surface area contributed by atoms with E-state index in [9.17, 15) is 43.9 Å². The highest BCUT2D eigenvalue weighted by Gasteiger charge is 2.49. The molecule has 0 N–H and O–H groups in total. The van der Waals surface area contributed by atoms with Crippen LogP contribution in [0.3, 0.4) is 0 Å². The Balaban J connectivity index is 6.63. The Hall–Kier alpha value is -1.26. The molecular formula is C16H20F10O. The van der Waals surface area contributed by atoms with Gasteiger partial charge < -0.3 is 4.74 Å². The monoisotopic (exact) mass is 418 g/mol. The quantitative estimate of drug-likeness (QED) is 0.292. The predicted molar refractivity (Wildman–Crippen MR) is 80.3 cm³/mol. The van der Waals surface area contributed by atoms with E-state index >= 15 is 0 Å². The third-order valence-electron chi connectivity index (χ3n) is 4.12. The first-order valence-corrected chi connectivity index (χ1v) is 7.62. The maximum absolute atomic E-state index is 13.6. The molecule has 0 aromatic rings. The number of hydrogen-bond donors (Lipinski definition) is 0. The summed E-state index contributed by atoms with van der Waals surface area (Å²) >= 11 is 0. The Morgan fingerprint density at radius 3 is 0.852 bits per heavy atom. The van der Waals surface area contributed by atoms with Crippen molar-refractivity contribution >= 4 is 0 Å². The zero-order valence-electron chi connectivity index (χ0n) is 14.3. The van der Waals surface area contributed by atoms with Crippen molar-refractivity contribution in [2.45, 2.75) is 11.2 Å². The average molecular weight is 418 g/mol. The fraction of sp³-hybridized carbons (Fsp3) is 0.750. The van der Waals surface area contributed by atoms with Gasteiger partial charge in [-0.25, -0.2) is 43.9 Å². The molecule has 0 saturated heterocycles.